The van der Waals surface area contributed by atoms with Gasteiger partial charge in [-0.15, -0.1) is 22.7 Å². The van der Waals surface area contributed by atoms with Gasteiger partial charge in [-0.2, -0.15) is 0 Å². The highest BCUT2D eigenvalue weighted by Crippen LogP contribution is 2.38. The van der Waals surface area contributed by atoms with Crippen molar-refractivity contribution in [2.75, 3.05) is 6.26 Å². The summed E-state index contributed by atoms with van der Waals surface area (Å²) in [5.41, 5.74) is 0. The summed E-state index contributed by atoms with van der Waals surface area (Å²) >= 11 is 4.31. The van der Waals surface area contributed by atoms with Crippen LogP contribution in [0.3, 0.4) is 0 Å². The zero-order valence-corrected chi connectivity index (χ0v) is 12.2. The predicted octanol–water partition coefficient (Wildman–Crippen LogP) is 2.86. The van der Waals surface area contributed by atoms with Crippen LogP contribution in [0.15, 0.2) is 36.9 Å². The van der Waals surface area contributed by atoms with E-state index >= 15 is 0 Å². The molecule has 0 unspecified atom stereocenters. The van der Waals surface area contributed by atoms with Crippen molar-refractivity contribution in [2.45, 2.75) is 19.2 Å². The van der Waals surface area contributed by atoms with Crippen LogP contribution in [0.2, 0.25) is 0 Å². The number of rotatable bonds is 4. The van der Waals surface area contributed by atoms with Gasteiger partial charge in [-0.25, -0.2) is 8.42 Å². The van der Waals surface area contributed by atoms with Gasteiger partial charge in [0.1, 0.15) is 4.21 Å². The molecule has 0 amide bonds. The summed E-state index contributed by atoms with van der Waals surface area (Å²) in [6.45, 7) is 0.0459. The van der Waals surface area contributed by atoms with E-state index in [2.05, 4.69) is 0 Å². The first-order chi connectivity index (χ1) is 7.99. The third-order valence-corrected chi connectivity index (χ3v) is 7.16. The van der Waals surface area contributed by atoms with Crippen LogP contribution in [0, 0.1) is 0 Å². The van der Waals surface area contributed by atoms with Crippen molar-refractivity contribution in [1.29, 1.82) is 0 Å². The number of sulfone groups is 1. The van der Waals surface area contributed by atoms with Crippen molar-refractivity contribution in [1.82, 2.24) is 0 Å². The highest BCUT2D eigenvalue weighted by atomic mass is 32.2. The van der Waals surface area contributed by atoms with Crippen molar-refractivity contribution >= 4 is 44.3 Å². The van der Waals surface area contributed by atoms with E-state index in [0.29, 0.717) is 4.21 Å². The van der Waals surface area contributed by atoms with Crippen LogP contribution in [0.25, 0.3) is 0 Å². The molecule has 2 aromatic rings. The highest BCUT2D eigenvalue weighted by molar-refractivity contribution is 8.03. The zero-order valence-electron chi connectivity index (χ0n) is 8.91. The standard InChI is InChI=1S/C10H10O3S4/c1-17(12,13)10-5-4-9(16-10)15-8-3-2-7(6-11)14-8/h2-5,11H,6H2,1H3. The van der Waals surface area contributed by atoms with Crippen LogP contribution >= 0.6 is 34.4 Å². The van der Waals surface area contributed by atoms with Crippen molar-refractivity contribution < 1.29 is 13.5 Å². The van der Waals surface area contributed by atoms with E-state index in [1.807, 2.05) is 18.2 Å². The van der Waals surface area contributed by atoms with Gasteiger partial charge in [-0.3, -0.25) is 0 Å². The monoisotopic (exact) mass is 306 g/mol. The SMILES string of the molecule is CS(=O)(=O)c1ccc(Sc2ccc(CO)s2)s1. The molecule has 0 spiro atoms. The second-order valence-electron chi connectivity index (χ2n) is 3.33. The second kappa shape index (κ2) is 5.11. The summed E-state index contributed by atoms with van der Waals surface area (Å²) in [7, 11) is -3.11. The summed E-state index contributed by atoms with van der Waals surface area (Å²) in [6, 6.07) is 7.24. The fourth-order valence-electron chi connectivity index (χ4n) is 1.15. The quantitative estimate of drug-likeness (QED) is 0.943. The lowest BCUT2D eigenvalue weighted by molar-refractivity contribution is 0.285. The zero-order chi connectivity index (χ0) is 12.5. The molecule has 17 heavy (non-hydrogen) atoms. The highest BCUT2D eigenvalue weighted by Gasteiger charge is 2.11. The lowest BCUT2D eigenvalue weighted by Crippen LogP contribution is -1.91. The normalized spacial score (nSPS) is 11.9. The van der Waals surface area contributed by atoms with E-state index in [9.17, 15) is 8.42 Å². The molecule has 0 bridgehead atoms. The molecule has 2 aromatic heterocycles. The van der Waals surface area contributed by atoms with Crippen LogP contribution in [0.5, 0.6) is 0 Å². The third kappa shape index (κ3) is 3.32. The van der Waals surface area contributed by atoms with Crippen LogP contribution in [0.4, 0.5) is 0 Å². The molecule has 0 aromatic carbocycles. The summed E-state index contributed by atoms with van der Waals surface area (Å²) in [5.74, 6) is 0. The molecule has 2 heterocycles. The smallest absolute Gasteiger partial charge is 0.184 e. The van der Waals surface area contributed by atoms with Gasteiger partial charge in [0.2, 0.25) is 0 Å². The fourth-order valence-corrected chi connectivity index (χ4v) is 5.66. The van der Waals surface area contributed by atoms with E-state index in [0.717, 1.165) is 13.3 Å². The minimum Gasteiger partial charge on any atom is -0.391 e. The molecule has 0 aliphatic heterocycles. The number of hydrogen-bond acceptors (Lipinski definition) is 6. The molecule has 0 atom stereocenters. The Labute approximate surface area is 112 Å². The van der Waals surface area contributed by atoms with Crippen LogP contribution < -0.4 is 0 Å². The average Bonchev–Trinajstić information content (AvgIpc) is 2.86. The minimum absolute atomic E-state index is 0.0459. The molecule has 0 aliphatic rings. The Kier molecular flexibility index (Phi) is 3.94. The first-order valence-electron chi connectivity index (χ1n) is 4.66. The molecular formula is C10H10O3S4. The topological polar surface area (TPSA) is 54.4 Å². The Balaban J connectivity index is 2.17. The number of hydrogen-bond donors (Lipinski definition) is 1. The summed E-state index contributed by atoms with van der Waals surface area (Å²) in [4.78, 5) is 0.910. The van der Waals surface area contributed by atoms with Crippen molar-refractivity contribution in [3.63, 3.8) is 0 Å². The molecule has 3 nitrogen and oxygen atoms in total. The molecule has 1 N–H and O–H groups in total. The summed E-state index contributed by atoms with van der Waals surface area (Å²) in [5, 5.41) is 8.95. The van der Waals surface area contributed by atoms with Crippen molar-refractivity contribution in [3.8, 4) is 0 Å². The number of aliphatic hydroxyl groups is 1. The fraction of sp³-hybridized carbons (Fsp3) is 0.200. The largest absolute Gasteiger partial charge is 0.391 e. The average molecular weight is 306 g/mol. The molecule has 0 fully saturated rings. The Hall–Kier alpha value is -0.340. The Morgan fingerprint density at radius 2 is 1.82 bits per heavy atom. The lowest BCUT2D eigenvalue weighted by Gasteiger charge is -1.92. The Morgan fingerprint density at radius 3 is 2.35 bits per heavy atom. The first kappa shape index (κ1) is 13.1. The molecule has 92 valence electrons. The van der Waals surface area contributed by atoms with E-state index in [4.69, 9.17) is 5.11 Å². The van der Waals surface area contributed by atoms with Crippen LogP contribution in [-0.2, 0) is 16.4 Å². The van der Waals surface area contributed by atoms with Gasteiger partial charge in [0, 0.05) is 11.1 Å². The van der Waals surface area contributed by atoms with Crippen molar-refractivity contribution in [3.05, 3.63) is 29.1 Å². The number of aliphatic hydroxyl groups excluding tert-OH is 1. The third-order valence-electron chi connectivity index (χ3n) is 1.92. The molecular weight excluding hydrogens is 296 g/mol. The Bertz CT molecular complexity index is 609. The summed E-state index contributed by atoms with van der Waals surface area (Å²) < 4.78 is 25.0. The van der Waals surface area contributed by atoms with Gasteiger partial charge in [-0.05, 0) is 24.3 Å². The number of thiophene rings is 2. The van der Waals surface area contributed by atoms with Gasteiger partial charge in [0.25, 0.3) is 0 Å². The van der Waals surface area contributed by atoms with E-state index in [-0.39, 0.29) is 6.61 Å². The maximum Gasteiger partial charge on any atom is 0.184 e. The van der Waals surface area contributed by atoms with Gasteiger partial charge < -0.3 is 5.11 Å². The molecule has 0 saturated carbocycles. The first-order valence-corrected chi connectivity index (χ1v) is 9.00. The molecule has 7 heteroatoms. The van der Waals surface area contributed by atoms with E-state index in [1.165, 1.54) is 40.7 Å². The van der Waals surface area contributed by atoms with Gasteiger partial charge in [0.05, 0.1) is 15.0 Å². The van der Waals surface area contributed by atoms with Gasteiger partial charge >= 0.3 is 0 Å². The molecule has 0 radical (unpaired) electrons. The van der Waals surface area contributed by atoms with Crippen LogP contribution in [0.1, 0.15) is 4.88 Å². The van der Waals surface area contributed by atoms with E-state index in [1.54, 1.807) is 6.07 Å². The summed E-state index contributed by atoms with van der Waals surface area (Å²) in [6.07, 6.45) is 1.21. The lowest BCUT2D eigenvalue weighted by atomic mass is 10.5. The van der Waals surface area contributed by atoms with Gasteiger partial charge in [-0.1, -0.05) is 11.8 Å². The predicted molar refractivity (Wildman–Crippen MR) is 71.8 cm³/mol. The van der Waals surface area contributed by atoms with E-state index < -0.39 is 9.84 Å². The second-order valence-corrected chi connectivity index (χ2v) is 9.42. The minimum atomic E-state index is -3.11. The molecule has 0 aliphatic carbocycles. The van der Waals surface area contributed by atoms with Crippen LogP contribution in [-0.4, -0.2) is 19.8 Å². The molecule has 0 saturated heterocycles. The maximum absolute atomic E-state index is 11.3. The Morgan fingerprint density at radius 1 is 1.18 bits per heavy atom. The maximum atomic E-state index is 11.3. The van der Waals surface area contributed by atoms with Gasteiger partial charge in [0.15, 0.2) is 9.84 Å². The molecule has 2 rings (SSSR count). The van der Waals surface area contributed by atoms with Crippen molar-refractivity contribution in [2.24, 2.45) is 0 Å².